The number of anilines is 1. The number of benzene rings is 1. The molecule has 0 spiro atoms. The molecule has 0 amide bonds. The molecule has 0 saturated heterocycles. The largest absolute Gasteiger partial charge is 0.479 e. The Hall–Kier alpha value is -2.04. The molecule has 3 rings (SSSR count). The van der Waals surface area contributed by atoms with Crippen molar-refractivity contribution in [1.82, 2.24) is 4.57 Å². The van der Waals surface area contributed by atoms with Crippen molar-refractivity contribution in [3.8, 4) is 0 Å². The Balaban J connectivity index is 2.28. The van der Waals surface area contributed by atoms with Crippen molar-refractivity contribution in [3.05, 3.63) is 24.3 Å². The van der Waals surface area contributed by atoms with Crippen LogP contribution in [0.5, 0.6) is 0 Å². The van der Waals surface area contributed by atoms with Crippen molar-refractivity contribution in [1.29, 1.82) is 0 Å². The molecule has 5 nitrogen and oxygen atoms in total. The average molecular weight is 218 g/mol. The van der Waals surface area contributed by atoms with Crippen molar-refractivity contribution in [2.24, 2.45) is 0 Å². The van der Waals surface area contributed by atoms with Crippen LogP contribution in [0.1, 0.15) is 0 Å². The Labute approximate surface area is 91.9 Å². The minimum Gasteiger partial charge on any atom is -0.479 e. The SMILES string of the molecule is O=C(O)Cn1c2[n+](c3ccccc31)CCN2. The molecule has 2 N–H and O–H groups in total. The highest BCUT2D eigenvalue weighted by molar-refractivity contribution is 5.77. The first-order chi connectivity index (χ1) is 7.77. The van der Waals surface area contributed by atoms with E-state index in [1.54, 1.807) is 0 Å². The van der Waals surface area contributed by atoms with E-state index in [2.05, 4.69) is 9.88 Å². The summed E-state index contributed by atoms with van der Waals surface area (Å²) in [5, 5.41) is 12.1. The maximum Gasteiger partial charge on any atom is 0.359 e. The zero-order chi connectivity index (χ0) is 11.1. The van der Waals surface area contributed by atoms with E-state index in [1.165, 1.54) is 0 Å². The van der Waals surface area contributed by atoms with Gasteiger partial charge in [-0.05, 0) is 12.1 Å². The fourth-order valence-corrected chi connectivity index (χ4v) is 2.29. The Morgan fingerprint density at radius 1 is 1.50 bits per heavy atom. The van der Waals surface area contributed by atoms with Crippen LogP contribution >= 0.6 is 0 Å². The lowest BCUT2D eigenvalue weighted by Crippen LogP contribution is -2.29. The predicted octanol–water partition coefficient (Wildman–Crippen LogP) is 0.439. The highest BCUT2D eigenvalue weighted by atomic mass is 16.4. The minimum absolute atomic E-state index is 0.00412. The Morgan fingerprint density at radius 3 is 3.12 bits per heavy atom. The molecule has 2 heterocycles. The van der Waals surface area contributed by atoms with Gasteiger partial charge in [0.15, 0.2) is 6.54 Å². The van der Waals surface area contributed by atoms with Gasteiger partial charge in [-0.1, -0.05) is 12.1 Å². The molecular formula is C11H12N3O2+. The molecule has 1 aliphatic rings. The van der Waals surface area contributed by atoms with Gasteiger partial charge in [0.1, 0.15) is 17.6 Å². The molecule has 1 aromatic carbocycles. The fraction of sp³-hybridized carbons (Fsp3) is 0.273. The second-order valence-corrected chi connectivity index (χ2v) is 3.87. The van der Waals surface area contributed by atoms with Gasteiger partial charge in [-0.15, -0.1) is 0 Å². The van der Waals surface area contributed by atoms with E-state index in [4.69, 9.17) is 5.11 Å². The number of aliphatic carboxylic acids is 1. The van der Waals surface area contributed by atoms with Crippen LogP contribution in [0.15, 0.2) is 24.3 Å². The van der Waals surface area contributed by atoms with E-state index < -0.39 is 5.97 Å². The summed E-state index contributed by atoms with van der Waals surface area (Å²) in [4.78, 5) is 10.9. The van der Waals surface area contributed by atoms with Crippen LogP contribution in [-0.2, 0) is 17.9 Å². The van der Waals surface area contributed by atoms with Crippen LogP contribution in [0, 0.1) is 0 Å². The van der Waals surface area contributed by atoms with Crippen LogP contribution in [0.2, 0.25) is 0 Å². The number of hydrogen-bond acceptors (Lipinski definition) is 2. The van der Waals surface area contributed by atoms with Gasteiger partial charge in [-0.3, -0.25) is 5.32 Å². The number of hydrogen-bond donors (Lipinski definition) is 2. The first-order valence-electron chi connectivity index (χ1n) is 5.24. The molecule has 82 valence electrons. The van der Waals surface area contributed by atoms with Gasteiger partial charge in [0, 0.05) is 0 Å². The summed E-state index contributed by atoms with van der Waals surface area (Å²) in [6.45, 7) is 1.75. The third-order valence-electron chi connectivity index (χ3n) is 2.89. The maximum atomic E-state index is 10.9. The first kappa shape index (κ1) is 9.21. The summed E-state index contributed by atoms with van der Waals surface area (Å²) in [5.74, 6) is 0.0708. The molecule has 0 bridgehead atoms. The molecule has 2 aromatic rings. The van der Waals surface area contributed by atoms with Gasteiger partial charge >= 0.3 is 11.9 Å². The molecule has 0 saturated carbocycles. The summed E-state index contributed by atoms with van der Waals surface area (Å²) in [7, 11) is 0. The predicted molar refractivity (Wildman–Crippen MR) is 58.3 cm³/mol. The number of imidazole rings is 1. The van der Waals surface area contributed by atoms with Crippen molar-refractivity contribution in [2.75, 3.05) is 11.9 Å². The van der Waals surface area contributed by atoms with Crippen molar-refractivity contribution >= 4 is 23.0 Å². The van der Waals surface area contributed by atoms with Crippen molar-refractivity contribution in [3.63, 3.8) is 0 Å². The standard InChI is InChI=1S/C11H11N3O2/c15-10(16)7-14-9-4-2-1-3-8(9)13-6-5-12-11(13)14/h1-4H,5-7H2,(H,15,16)/p+1. The molecule has 0 atom stereocenters. The zero-order valence-corrected chi connectivity index (χ0v) is 8.68. The second-order valence-electron chi connectivity index (χ2n) is 3.87. The summed E-state index contributed by atoms with van der Waals surface area (Å²) in [6, 6.07) is 7.87. The van der Waals surface area contributed by atoms with Crippen LogP contribution in [0.25, 0.3) is 11.0 Å². The monoisotopic (exact) mass is 218 g/mol. The van der Waals surface area contributed by atoms with Gasteiger partial charge in [0.2, 0.25) is 0 Å². The van der Waals surface area contributed by atoms with Crippen LogP contribution < -0.4 is 9.88 Å². The number of carbonyl (C=O) groups is 1. The lowest BCUT2D eigenvalue weighted by Gasteiger charge is -1.97. The van der Waals surface area contributed by atoms with E-state index >= 15 is 0 Å². The van der Waals surface area contributed by atoms with Gasteiger partial charge in [-0.25, -0.2) is 13.9 Å². The number of nitrogens with zero attached hydrogens (tertiary/aromatic N) is 2. The van der Waals surface area contributed by atoms with E-state index in [0.717, 1.165) is 30.1 Å². The van der Waals surface area contributed by atoms with E-state index in [-0.39, 0.29) is 6.54 Å². The molecular weight excluding hydrogens is 206 g/mol. The third-order valence-corrected chi connectivity index (χ3v) is 2.89. The Bertz CT molecular complexity index is 574. The quantitative estimate of drug-likeness (QED) is 0.719. The number of para-hydroxylation sites is 2. The summed E-state index contributed by atoms with van der Waals surface area (Å²) < 4.78 is 3.93. The molecule has 0 fully saturated rings. The number of rotatable bonds is 2. The van der Waals surface area contributed by atoms with E-state index in [9.17, 15) is 4.79 Å². The van der Waals surface area contributed by atoms with Gasteiger partial charge in [0.25, 0.3) is 0 Å². The Kier molecular flexibility index (Phi) is 1.86. The summed E-state index contributed by atoms with van der Waals surface area (Å²) in [5.41, 5.74) is 2.05. The lowest BCUT2D eigenvalue weighted by atomic mass is 10.3. The van der Waals surface area contributed by atoms with Crippen molar-refractivity contribution < 1.29 is 14.5 Å². The molecule has 1 aromatic heterocycles. The number of nitrogens with one attached hydrogen (secondary N) is 1. The molecule has 16 heavy (non-hydrogen) atoms. The number of carboxylic acids is 1. The normalized spacial score (nSPS) is 13.8. The Morgan fingerprint density at radius 2 is 2.31 bits per heavy atom. The number of aromatic nitrogens is 2. The fourth-order valence-electron chi connectivity index (χ4n) is 2.29. The topological polar surface area (TPSA) is 58.1 Å². The maximum absolute atomic E-state index is 10.9. The average Bonchev–Trinajstić information content (AvgIpc) is 2.82. The van der Waals surface area contributed by atoms with Crippen LogP contribution in [-0.4, -0.2) is 22.2 Å². The summed E-state index contributed by atoms with van der Waals surface area (Å²) >= 11 is 0. The number of carboxylic acid groups (broad SMARTS) is 1. The second kappa shape index (κ2) is 3.23. The van der Waals surface area contributed by atoms with Gasteiger partial charge < -0.3 is 5.11 Å². The smallest absolute Gasteiger partial charge is 0.359 e. The van der Waals surface area contributed by atoms with Gasteiger partial charge in [-0.2, -0.15) is 0 Å². The van der Waals surface area contributed by atoms with Crippen molar-refractivity contribution in [2.45, 2.75) is 13.1 Å². The molecule has 0 aliphatic carbocycles. The summed E-state index contributed by atoms with van der Waals surface area (Å²) in [6.07, 6.45) is 0. The van der Waals surface area contributed by atoms with E-state index in [0.29, 0.717) is 0 Å². The minimum atomic E-state index is -0.821. The lowest BCUT2D eigenvalue weighted by molar-refractivity contribution is -0.644. The first-order valence-corrected chi connectivity index (χ1v) is 5.24. The third kappa shape index (κ3) is 1.18. The molecule has 5 heteroatoms. The zero-order valence-electron chi connectivity index (χ0n) is 8.68. The molecule has 0 radical (unpaired) electrons. The van der Waals surface area contributed by atoms with Crippen LogP contribution in [0.3, 0.4) is 0 Å². The number of fused-ring (bicyclic) bond motifs is 3. The molecule has 1 aliphatic heterocycles. The molecule has 0 unspecified atom stereocenters. The highest BCUT2D eigenvalue weighted by Gasteiger charge is 2.28. The van der Waals surface area contributed by atoms with Crippen LogP contribution in [0.4, 0.5) is 5.95 Å². The highest BCUT2D eigenvalue weighted by Crippen LogP contribution is 2.19. The van der Waals surface area contributed by atoms with Gasteiger partial charge in [0.05, 0.1) is 6.54 Å². The van der Waals surface area contributed by atoms with E-state index in [1.807, 2.05) is 28.8 Å².